The lowest BCUT2D eigenvalue weighted by Crippen LogP contribution is -2.36. The zero-order valence-corrected chi connectivity index (χ0v) is 15.1. The minimum atomic E-state index is 0.436. The van der Waals surface area contributed by atoms with Crippen LogP contribution in [0.1, 0.15) is 85.7 Å². The molecule has 0 amide bonds. The lowest BCUT2D eigenvalue weighted by Gasteiger charge is -2.29. The largest absolute Gasteiger partial charge is 0.300 e. The van der Waals surface area contributed by atoms with Gasteiger partial charge in [-0.25, -0.2) is 0 Å². The van der Waals surface area contributed by atoms with Gasteiger partial charge in [-0.15, -0.1) is 0 Å². The van der Waals surface area contributed by atoms with Crippen LogP contribution in [0.5, 0.6) is 0 Å². The molecule has 0 N–H and O–H groups in total. The second-order valence-corrected chi connectivity index (χ2v) is 8.14. The number of ketones is 1. The minimum absolute atomic E-state index is 0.436. The lowest BCUT2D eigenvalue weighted by molar-refractivity contribution is 0.0928. The van der Waals surface area contributed by atoms with Crippen LogP contribution in [0.2, 0.25) is 0 Å². The summed E-state index contributed by atoms with van der Waals surface area (Å²) in [5, 5.41) is 0. The summed E-state index contributed by atoms with van der Waals surface area (Å²) in [4.78, 5) is 16.0. The van der Waals surface area contributed by atoms with Crippen LogP contribution in [0.3, 0.4) is 0 Å². The van der Waals surface area contributed by atoms with Gasteiger partial charge in [0.05, 0.1) is 0 Å². The van der Waals surface area contributed by atoms with Gasteiger partial charge in [-0.2, -0.15) is 0 Å². The number of benzene rings is 1. The number of rotatable bonds is 6. The van der Waals surface area contributed by atoms with Gasteiger partial charge in [-0.1, -0.05) is 31.5 Å². The van der Waals surface area contributed by atoms with E-state index in [1.165, 1.54) is 69.2 Å². The molecular weight excluding hydrogens is 294 g/mol. The van der Waals surface area contributed by atoms with E-state index in [4.69, 9.17) is 0 Å². The fourth-order valence-corrected chi connectivity index (χ4v) is 5.14. The van der Waals surface area contributed by atoms with Gasteiger partial charge in [0.1, 0.15) is 0 Å². The predicted molar refractivity (Wildman–Crippen MR) is 98.7 cm³/mol. The standard InChI is InChI=1S/C22H31NO/c1-2-16-7-5-9-19(17-11-12-17)22(16)21(24)15-18-8-6-10-20(18)23-13-3-4-14-23/h5,7,9,17-18,20H,2-4,6,8,10-15H2,1H3/t18-,20-/m1/s1. The van der Waals surface area contributed by atoms with Gasteiger partial charge < -0.3 is 4.90 Å². The lowest BCUT2D eigenvalue weighted by atomic mass is 9.87. The second-order valence-electron chi connectivity index (χ2n) is 8.14. The van der Waals surface area contributed by atoms with Crippen molar-refractivity contribution in [1.29, 1.82) is 0 Å². The first-order valence-electron chi connectivity index (χ1n) is 10.2. The summed E-state index contributed by atoms with van der Waals surface area (Å²) in [6.07, 6.45) is 10.9. The molecule has 1 heterocycles. The molecule has 2 saturated carbocycles. The van der Waals surface area contributed by atoms with E-state index in [1.54, 1.807) is 0 Å². The average molecular weight is 325 g/mol. The van der Waals surface area contributed by atoms with E-state index in [0.717, 1.165) is 18.4 Å². The summed E-state index contributed by atoms with van der Waals surface area (Å²) in [6, 6.07) is 7.23. The third kappa shape index (κ3) is 3.18. The number of likely N-dealkylation sites (tertiary alicyclic amines) is 1. The van der Waals surface area contributed by atoms with Gasteiger partial charge in [0, 0.05) is 18.0 Å². The zero-order valence-electron chi connectivity index (χ0n) is 15.1. The molecule has 2 aliphatic carbocycles. The van der Waals surface area contributed by atoms with Crippen LogP contribution < -0.4 is 0 Å². The van der Waals surface area contributed by atoms with E-state index in [2.05, 4.69) is 30.0 Å². The molecule has 0 radical (unpaired) electrons. The normalized spacial score (nSPS) is 27.7. The monoisotopic (exact) mass is 325 g/mol. The Hall–Kier alpha value is -1.15. The number of hydrogen-bond donors (Lipinski definition) is 0. The van der Waals surface area contributed by atoms with Crippen LogP contribution >= 0.6 is 0 Å². The molecule has 2 heteroatoms. The molecule has 4 rings (SSSR count). The van der Waals surface area contributed by atoms with Gasteiger partial charge in [-0.05, 0) is 81.0 Å². The molecule has 0 unspecified atom stereocenters. The Morgan fingerprint density at radius 2 is 1.88 bits per heavy atom. The van der Waals surface area contributed by atoms with Crippen LogP contribution in [-0.4, -0.2) is 29.8 Å². The molecule has 3 aliphatic rings. The van der Waals surface area contributed by atoms with Gasteiger partial charge in [0.15, 0.2) is 5.78 Å². The van der Waals surface area contributed by atoms with Crippen molar-refractivity contribution in [3.05, 3.63) is 34.9 Å². The smallest absolute Gasteiger partial charge is 0.163 e. The summed E-state index contributed by atoms with van der Waals surface area (Å²) >= 11 is 0. The molecule has 1 saturated heterocycles. The van der Waals surface area contributed by atoms with Crippen molar-refractivity contribution in [1.82, 2.24) is 4.90 Å². The summed E-state index contributed by atoms with van der Waals surface area (Å²) < 4.78 is 0. The summed E-state index contributed by atoms with van der Waals surface area (Å²) in [7, 11) is 0. The first kappa shape index (κ1) is 16.3. The highest BCUT2D eigenvalue weighted by Crippen LogP contribution is 2.43. The Bertz CT molecular complexity index is 598. The van der Waals surface area contributed by atoms with Crippen molar-refractivity contribution in [2.45, 2.75) is 76.7 Å². The molecule has 1 aromatic carbocycles. The molecule has 130 valence electrons. The van der Waals surface area contributed by atoms with Gasteiger partial charge in [0.25, 0.3) is 0 Å². The number of carbonyl (C=O) groups excluding carboxylic acids is 1. The van der Waals surface area contributed by atoms with Crippen LogP contribution in [0.4, 0.5) is 0 Å². The van der Waals surface area contributed by atoms with E-state index in [9.17, 15) is 4.79 Å². The summed E-state index contributed by atoms with van der Waals surface area (Å²) in [5.41, 5.74) is 3.74. The van der Waals surface area contributed by atoms with Crippen molar-refractivity contribution < 1.29 is 4.79 Å². The summed E-state index contributed by atoms with van der Waals surface area (Å²) in [6.45, 7) is 4.70. The zero-order chi connectivity index (χ0) is 16.5. The van der Waals surface area contributed by atoms with Crippen molar-refractivity contribution in [3.63, 3.8) is 0 Å². The molecular formula is C22H31NO. The Balaban J connectivity index is 1.53. The van der Waals surface area contributed by atoms with Gasteiger partial charge in [0.2, 0.25) is 0 Å². The van der Waals surface area contributed by atoms with Crippen LogP contribution in [-0.2, 0) is 6.42 Å². The Labute approximate surface area is 146 Å². The highest BCUT2D eigenvalue weighted by molar-refractivity contribution is 5.99. The first-order valence-corrected chi connectivity index (χ1v) is 10.2. The van der Waals surface area contributed by atoms with Gasteiger partial charge >= 0.3 is 0 Å². The first-order chi connectivity index (χ1) is 11.8. The van der Waals surface area contributed by atoms with E-state index >= 15 is 0 Å². The molecule has 2 nitrogen and oxygen atoms in total. The number of aryl methyl sites for hydroxylation is 1. The third-order valence-electron chi connectivity index (χ3n) is 6.54. The fourth-order valence-electron chi connectivity index (χ4n) is 5.14. The van der Waals surface area contributed by atoms with Crippen molar-refractivity contribution in [2.75, 3.05) is 13.1 Å². The van der Waals surface area contributed by atoms with Crippen molar-refractivity contribution >= 4 is 5.78 Å². The third-order valence-corrected chi connectivity index (χ3v) is 6.54. The number of Topliss-reactive ketones (excluding diaryl/α,β-unsaturated/α-hetero) is 1. The maximum atomic E-state index is 13.3. The van der Waals surface area contributed by atoms with Crippen LogP contribution in [0.15, 0.2) is 18.2 Å². The topological polar surface area (TPSA) is 20.3 Å². The van der Waals surface area contributed by atoms with Crippen LogP contribution in [0.25, 0.3) is 0 Å². The maximum Gasteiger partial charge on any atom is 0.163 e. The maximum absolute atomic E-state index is 13.3. The molecule has 2 atom stereocenters. The van der Waals surface area contributed by atoms with Crippen LogP contribution in [0, 0.1) is 5.92 Å². The van der Waals surface area contributed by atoms with Crippen molar-refractivity contribution in [3.8, 4) is 0 Å². The highest BCUT2D eigenvalue weighted by Gasteiger charge is 2.36. The van der Waals surface area contributed by atoms with E-state index in [0.29, 0.717) is 23.7 Å². The minimum Gasteiger partial charge on any atom is -0.300 e. The number of hydrogen-bond acceptors (Lipinski definition) is 2. The Morgan fingerprint density at radius 3 is 2.58 bits per heavy atom. The summed E-state index contributed by atoms with van der Waals surface area (Å²) in [5.74, 6) is 1.69. The molecule has 0 bridgehead atoms. The molecule has 0 spiro atoms. The molecule has 24 heavy (non-hydrogen) atoms. The molecule has 1 aromatic rings. The van der Waals surface area contributed by atoms with Crippen molar-refractivity contribution in [2.24, 2.45) is 5.92 Å². The average Bonchev–Trinajstić information content (AvgIpc) is 3.11. The fraction of sp³-hybridized carbons (Fsp3) is 0.682. The number of carbonyl (C=O) groups is 1. The SMILES string of the molecule is CCc1cccc(C2CC2)c1C(=O)C[C@H]1CCC[C@H]1N1CCCC1. The molecule has 1 aliphatic heterocycles. The number of nitrogens with zero attached hydrogens (tertiary/aromatic N) is 1. The van der Waals surface area contributed by atoms with Gasteiger partial charge in [-0.3, -0.25) is 4.79 Å². The van der Waals surface area contributed by atoms with E-state index in [1.807, 2.05) is 0 Å². The quantitative estimate of drug-likeness (QED) is 0.689. The van der Waals surface area contributed by atoms with E-state index < -0.39 is 0 Å². The highest BCUT2D eigenvalue weighted by atomic mass is 16.1. The second kappa shape index (κ2) is 7.00. The molecule has 0 aromatic heterocycles. The molecule has 3 fully saturated rings. The predicted octanol–water partition coefficient (Wildman–Crippen LogP) is 4.96. The Morgan fingerprint density at radius 1 is 1.08 bits per heavy atom. The Kier molecular flexibility index (Phi) is 4.76. The van der Waals surface area contributed by atoms with E-state index in [-0.39, 0.29) is 0 Å².